The number of Topliss-reactive ketones (excluding diaryl/α,β-unsaturated/α-hetero) is 1. The van der Waals surface area contributed by atoms with Crippen LogP contribution in [0.3, 0.4) is 0 Å². The van der Waals surface area contributed by atoms with Crippen LogP contribution < -0.4 is 5.56 Å². The Kier molecular flexibility index (Phi) is 6.17. The first-order chi connectivity index (χ1) is 16.9. The first-order valence-corrected chi connectivity index (χ1v) is 11.8. The average molecular weight is 488 g/mol. The van der Waals surface area contributed by atoms with Crippen molar-refractivity contribution in [2.24, 2.45) is 17.8 Å². The van der Waals surface area contributed by atoms with Crippen molar-refractivity contribution in [1.29, 1.82) is 0 Å². The number of carbonyl (C=O) groups excluding carboxylic acids is 1. The van der Waals surface area contributed by atoms with E-state index in [1.54, 1.807) is 48.5 Å². The summed E-state index contributed by atoms with van der Waals surface area (Å²) in [5, 5.41) is 19.2. The minimum absolute atomic E-state index is 0.104. The number of hydrogen-bond donors (Lipinski definition) is 1. The second-order valence-corrected chi connectivity index (χ2v) is 9.29. The highest BCUT2D eigenvalue weighted by atomic mass is 35.5. The topological polar surface area (TPSA) is 102 Å². The molecule has 0 spiro atoms. The van der Waals surface area contributed by atoms with E-state index in [0.29, 0.717) is 34.3 Å². The minimum atomic E-state index is -1.04. The molecule has 0 unspecified atom stereocenters. The van der Waals surface area contributed by atoms with Gasteiger partial charge >= 0.3 is 5.97 Å². The van der Waals surface area contributed by atoms with Gasteiger partial charge in [-0.25, -0.2) is 4.68 Å². The summed E-state index contributed by atoms with van der Waals surface area (Å²) >= 11 is 5.96. The Labute approximate surface area is 206 Å². The van der Waals surface area contributed by atoms with Gasteiger partial charge in [0.05, 0.1) is 17.8 Å². The van der Waals surface area contributed by atoms with Crippen LogP contribution in [0.4, 0.5) is 0 Å². The second-order valence-electron chi connectivity index (χ2n) is 8.85. The lowest BCUT2D eigenvalue weighted by molar-refractivity contribution is -0.144. The first kappa shape index (κ1) is 22.9. The molecular formula is C27H22ClN3O4. The molecule has 3 atom stereocenters. The molecule has 3 aromatic carbocycles. The molecule has 8 heteroatoms. The highest BCUT2D eigenvalue weighted by molar-refractivity contribution is 6.30. The van der Waals surface area contributed by atoms with Gasteiger partial charge in [-0.15, -0.1) is 5.10 Å². The number of aromatic nitrogens is 3. The predicted molar refractivity (Wildman–Crippen MR) is 132 cm³/mol. The lowest BCUT2D eigenvalue weighted by atomic mass is 9.84. The van der Waals surface area contributed by atoms with E-state index in [1.165, 1.54) is 4.68 Å². The summed E-state index contributed by atoms with van der Waals surface area (Å²) in [5.74, 6) is -3.20. The second kappa shape index (κ2) is 9.43. The lowest BCUT2D eigenvalue weighted by Crippen LogP contribution is -2.34. The third kappa shape index (κ3) is 4.47. The van der Waals surface area contributed by atoms with Crippen LogP contribution in [0, 0.1) is 17.8 Å². The van der Waals surface area contributed by atoms with E-state index in [4.69, 9.17) is 11.6 Å². The fourth-order valence-electron chi connectivity index (χ4n) is 5.00. The molecular weight excluding hydrogens is 466 g/mol. The molecule has 1 saturated carbocycles. The molecule has 176 valence electrons. The zero-order valence-corrected chi connectivity index (χ0v) is 19.4. The smallest absolute Gasteiger partial charge is 0.307 e. The largest absolute Gasteiger partial charge is 0.481 e. The molecule has 7 nitrogen and oxygen atoms in total. The van der Waals surface area contributed by atoms with Crippen molar-refractivity contribution in [2.75, 3.05) is 0 Å². The third-order valence-corrected chi connectivity index (χ3v) is 7.05. The summed E-state index contributed by atoms with van der Waals surface area (Å²) in [6, 6.07) is 21.5. The number of fused-ring (bicyclic) bond motifs is 1. The first-order valence-electron chi connectivity index (χ1n) is 11.4. The van der Waals surface area contributed by atoms with Gasteiger partial charge in [0.15, 0.2) is 5.78 Å². The van der Waals surface area contributed by atoms with Crippen LogP contribution in [0.2, 0.25) is 5.02 Å². The standard InChI is InChI=1S/C27H22ClN3O4/c28-20-12-9-17(10-13-20)16-5-7-18(8-6-16)25(32)22-14-11-19(24(22)27(34)35)15-31-26(33)21-3-1-2-4-23(21)29-30-31/h1-10,12-13,19,22,24H,11,14-15H2,(H,34,35)/t19-,22-,24-/m0/s1. The molecule has 0 amide bonds. The maximum absolute atomic E-state index is 13.3. The van der Waals surface area contributed by atoms with Crippen LogP contribution >= 0.6 is 11.6 Å². The number of carboxylic acids is 1. The van der Waals surface area contributed by atoms with Gasteiger partial charge < -0.3 is 5.11 Å². The number of carbonyl (C=O) groups is 2. The Hall–Kier alpha value is -3.84. The highest BCUT2D eigenvalue weighted by Crippen LogP contribution is 2.40. The molecule has 0 bridgehead atoms. The Bertz CT molecular complexity index is 1460. The van der Waals surface area contributed by atoms with Gasteiger partial charge in [0.1, 0.15) is 5.52 Å². The summed E-state index contributed by atoms with van der Waals surface area (Å²) in [6.45, 7) is 0.104. The predicted octanol–water partition coefficient (Wildman–Crippen LogP) is 4.72. The molecule has 35 heavy (non-hydrogen) atoms. The van der Waals surface area contributed by atoms with E-state index in [0.717, 1.165) is 11.1 Å². The number of nitrogens with zero attached hydrogens (tertiary/aromatic N) is 3. The van der Waals surface area contributed by atoms with Crippen LogP contribution in [0.15, 0.2) is 77.6 Å². The van der Waals surface area contributed by atoms with Crippen LogP contribution in [-0.4, -0.2) is 31.9 Å². The number of aliphatic carboxylic acids is 1. The quantitative estimate of drug-likeness (QED) is 0.395. The van der Waals surface area contributed by atoms with Gasteiger partial charge in [-0.2, -0.15) is 0 Å². The monoisotopic (exact) mass is 487 g/mol. The van der Waals surface area contributed by atoms with Gasteiger partial charge in [0, 0.05) is 16.5 Å². The van der Waals surface area contributed by atoms with Gasteiger partial charge in [-0.1, -0.05) is 65.3 Å². The molecule has 1 heterocycles. The summed E-state index contributed by atoms with van der Waals surface area (Å²) in [6.07, 6.45) is 0.951. The number of benzene rings is 3. The van der Waals surface area contributed by atoms with Crippen LogP contribution in [-0.2, 0) is 11.3 Å². The number of halogens is 1. The van der Waals surface area contributed by atoms with Crippen molar-refractivity contribution in [3.63, 3.8) is 0 Å². The van der Waals surface area contributed by atoms with E-state index in [1.807, 2.05) is 24.3 Å². The van der Waals surface area contributed by atoms with Crippen molar-refractivity contribution in [2.45, 2.75) is 19.4 Å². The molecule has 1 aliphatic rings. The molecule has 0 radical (unpaired) electrons. The maximum atomic E-state index is 13.3. The normalized spacial score (nSPS) is 19.6. The Morgan fingerprint density at radius 2 is 1.60 bits per heavy atom. The van der Waals surface area contributed by atoms with Crippen LogP contribution in [0.5, 0.6) is 0 Å². The number of carboxylic acid groups (broad SMARTS) is 1. The Balaban J connectivity index is 1.36. The summed E-state index contributed by atoms with van der Waals surface area (Å²) in [4.78, 5) is 38.4. The molecule has 0 aliphatic heterocycles. The molecule has 1 aliphatic carbocycles. The van der Waals surface area contributed by atoms with Crippen LogP contribution in [0.25, 0.3) is 22.0 Å². The van der Waals surface area contributed by atoms with Gasteiger partial charge in [0.2, 0.25) is 0 Å². The summed E-state index contributed by atoms with van der Waals surface area (Å²) in [5.41, 5.74) is 2.56. The van der Waals surface area contributed by atoms with Gasteiger partial charge in [-0.3, -0.25) is 14.4 Å². The van der Waals surface area contributed by atoms with Crippen molar-refractivity contribution in [3.8, 4) is 11.1 Å². The van der Waals surface area contributed by atoms with Gasteiger partial charge in [-0.05, 0) is 54.2 Å². The van der Waals surface area contributed by atoms with Crippen molar-refractivity contribution in [1.82, 2.24) is 15.0 Å². The van der Waals surface area contributed by atoms with Crippen molar-refractivity contribution in [3.05, 3.63) is 93.7 Å². The fraction of sp³-hybridized carbons (Fsp3) is 0.222. The van der Waals surface area contributed by atoms with E-state index < -0.39 is 23.7 Å². The van der Waals surface area contributed by atoms with Gasteiger partial charge in [0.25, 0.3) is 5.56 Å². The van der Waals surface area contributed by atoms with E-state index in [9.17, 15) is 19.5 Å². The zero-order valence-electron chi connectivity index (χ0n) is 18.7. The average Bonchev–Trinajstić information content (AvgIpc) is 3.30. The SMILES string of the molecule is O=C(O)[C@H]1[C@H](Cn2nnc3ccccc3c2=O)CC[C@@H]1C(=O)c1ccc(-c2ccc(Cl)cc2)cc1. The lowest BCUT2D eigenvalue weighted by Gasteiger charge is -2.20. The van der Waals surface area contributed by atoms with E-state index in [-0.39, 0.29) is 17.9 Å². The van der Waals surface area contributed by atoms with E-state index in [2.05, 4.69) is 10.3 Å². The van der Waals surface area contributed by atoms with Crippen molar-refractivity contribution < 1.29 is 14.7 Å². The number of hydrogen-bond acceptors (Lipinski definition) is 5. The molecule has 4 aromatic rings. The number of ketones is 1. The Morgan fingerprint density at radius 1 is 0.943 bits per heavy atom. The molecule has 1 N–H and O–H groups in total. The van der Waals surface area contributed by atoms with Crippen LogP contribution in [0.1, 0.15) is 23.2 Å². The molecule has 5 rings (SSSR count). The maximum Gasteiger partial charge on any atom is 0.307 e. The zero-order chi connectivity index (χ0) is 24.5. The minimum Gasteiger partial charge on any atom is -0.481 e. The highest BCUT2D eigenvalue weighted by Gasteiger charge is 2.45. The number of rotatable bonds is 6. The fourth-order valence-corrected chi connectivity index (χ4v) is 5.13. The van der Waals surface area contributed by atoms with E-state index >= 15 is 0 Å². The third-order valence-electron chi connectivity index (χ3n) is 6.80. The summed E-state index contributed by atoms with van der Waals surface area (Å²) < 4.78 is 1.22. The van der Waals surface area contributed by atoms with Crippen molar-refractivity contribution >= 4 is 34.3 Å². The molecule has 0 saturated heterocycles. The summed E-state index contributed by atoms with van der Waals surface area (Å²) in [7, 11) is 0. The molecule has 1 aromatic heterocycles. The Morgan fingerprint density at radius 3 is 2.29 bits per heavy atom. The molecule has 1 fully saturated rings.